The monoisotopic (exact) mass is 268 g/mol. The minimum absolute atomic E-state index is 0.538. The quantitative estimate of drug-likeness (QED) is 0.867. The average Bonchev–Trinajstić information content (AvgIpc) is 2.74. The van der Waals surface area contributed by atoms with Crippen molar-refractivity contribution in [3.05, 3.63) is 47.5 Å². The number of aliphatic hydroxyl groups excluding tert-OH is 1. The zero-order valence-corrected chi connectivity index (χ0v) is 10.9. The predicted molar refractivity (Wildman–Crippen MR) is 70.3 cm³/mol. The third-order valence-electron chi connectivity index (χ3n) is 2.43. The third-order valence-corrected chi connectivity index (χ3v) is 4.02. The molecule has 0 bridgehead atoms. The van der Waals surface area contributed by atoms with E-state index in [1.165, 1.54) is 11.8 Å². The van der Waals surface area contributed by atoms with Crippen molar-refractivity contribution in [1.29, 1.82) is 0 Å². The van der Waals surface area contributed by atoms with Gasteiger partial charge in [0.2, 0.25) is 0 Å². The van der Waals surface area contributed by atoms with Crippen LogP contribution in [-0.4, -0.2) is 20.4 Å². The number of rotatable bonds is 4. The van der Waals surface area contributed by atoms with Crippen molar-refractivity contribution in [3.63, 3.8) is 0 Å². The van der Waals surface area contributed by atoms with Crippen LogP contribution in [0.5, 0.6) is 0 Å². The Morgan fingerprint density at radius 1 is 1.47 bits per heavy atom. The fourth-order valence-corrected chi connectivity index (χ4v) is 2.69. The molecule has 0 aliphatic rings. The number of aryl methyl sites for hydroxylation is 1. The largest absolute Gasteiger partial charge is 0.386 e. The molecule has 0 saturated carbocycles. The number of aromatic nitrogens is 2. The summed E-state index contributed by atoms with van der Waals surface area (Å²) in [6.07, 6.45) is 2.82. The first-order valence-corrected chi connectivity index (χ1v) is 6.56. The third kappa shape index (κ3) is 3.03. The molecule has 90 valence electrons. The van der Waals surface area contributed by atoms with Gasteiger partial charge in [-0.1, -0.05) is 23.7 Å². The van der Waals surface area contributed by atoms with E-state index in [4.69, 9.17) is 11.6 Å². The number of hydrogen-bond acceptors (Lipinski definition) is 3. The van der Waals surface area contributed by atoms with Crippen LogP contribution in [0, 0.1) is 0 Å². The molecule has 2 rings (SSSR count). The summed E-state index contributed by atoms with van der Waals surface area (Å²) >= 11 is 7.58. The zero-order valence-electron chi connectivity index (χ0n) is 9.38. The number of benzene rings is 1. The lowest BCUT2D eigenvalue weighted by atomic mass is 10.3. The first-order chi connectivity index (χ1) is 8.18. The minimum atomic E-state index is -0.538. The maximum Gasteiger partial charge on any atom is 0.105 e. The molecular formula is C12H13ClN2OS. The van der Waals surface area contributed by atoms with Crippen LogP contribution in [0.4, 0.5) is 0 Å². The molecule has 1 heterocycles. The molecule has 1 aromatic heterocycles. The van der Waals surface area contributed by atoms with E-state index >= 15 is 0 Å². The van der Waals surface area contributed by atoms with E-state index in [0.717, 1.165) is 15.6 Å². The summed E-state index contributed by atoms with van der Waals surface area (Å²) in [6, 6.07) is 7.62. The molecule has 1 atom stereocenters. The van der Waals surface area contributed by atoms with Gasteiger partial charge >= 0.3 is 0 Å². The summed E-state index contributed by atoms with van der Waals surface area (Å²) in [5, 5.41) is 10.7. The Labute approximate surface area is 109 Å². The molecule has 0 aliphatic carbocycles. The summed E-state index contributed by atoms with van der Waals surface area (Å²) in [5.41, 5.74) is 0.810. The van der Waals surface area contributed by atoms with Crippen LogP contribution in [0.1, 0.15) is 11.8 Å². The van der Waals surface area contributed by atoms with Gasteiger partial charge in [0.1, 0.15) is 6.10 Å². The van der Waals surface area contributed by atoms with Gasteiger partial charge in [-0.05, 0) is 12.1 Å². The molecule has 0 fully saturated rings. The lowest BCUT2D eigenvalue weighted by Crippen LogP contribution is -2.05. The van der Waals surface area contributed by atoms with E-state index in [0.29, 0.717) is 5.75 Å². The number of halogens is 1. The maximum absolute atomic E-state index is 10.0. The normalized spacial score (nSPS) is 12.6. The van der Waals surface area contributed by atoms with E-state index in [2.05, 4.69) is 4.98 Å². The van der Waals surface area contributed by atoms with Gasteiger partial charge in [0.05, 0.1) is 23.2 Å². The van der Waals surface area contributed by atoms with E-state index in [1.807, 2.05) is 35.9 Å². The van der Waals surface area contributed by atoms with E-state index in [1.54, 1.807) is 12.5 Å². The van der Waals surface area contributed by atoms with Crippen molar-refractivity contribution in [3.8, 4) is 0 Å². The van der Waals surface area contributed by atoms with Crippen LogP contribution in [0.2, 0.25) is 5.02 Å². The van der Waals surface area contributed by atoms with Crippen molar-refractivity contribution in [2.45, 2.75) is 11.0 Å². The van der Waals surface area contributed by atoms with Crippen LogP contribution < -0.4 is 0 Å². The molecule has 3 nitrogen and oxygen atoms in total. The number of nitrogens with zero attached hydrogens (tertiary/aromatic N) is 2. The summed E-state index contributed by atoms with van der Waals surface area (Å²) < 4.78 is 1.82. The molecule has 0 radical (unpaired) electrons. The van der Waals surface area contributed by atoms with E-state index < -0.39 is 6.10 Å². The maximum atomic E-state index is 10.0. The van der Waals surface area contributed by atoms with Crippen molar-refractivity contribution in [1.82, 2.24) is 9.55 Å². The number of thioether (sulfide) groups is 1. The predicted octanol–water partition coefficient (Wildman–Crippen LogP) is 2.90. The molecule has 0 amide bonds. The van der Waals surface area contributed by atoms with Crippen molar-refractivity contribution in [2.24, 2.45) is 7.05 Å². The van der Waals surface area contributed by atoms with Gasteiger partial charge in [0, 0.05) is 17.7 Å². The second-order valence-electron chi connectivity index (χ2n) is 3.69. The Morgan fingerprint density at radius 2 is 2.24 bits per heavy atom. The Kier molecular flexibility index (Phi) is 4.10. The standard InChI is InChI=1S/C12H13ClN2OS/c1-15-8-14-6-10(15)11(16)7-17-12-5-3-2-4-9(12)13/h2-6,8,11,16H,7H2,1H3. The second-order valence-corrected chi connectivity index (χ2v) is 5.16. The van der Waals surface area contributed by atoms with Gasteiger partial charge in [-0.2, -0.15) is 0 Å². The van der Waals surface area contributed by atoms with Crippen LogP contribution >= 0.6 is 23.4 Å². The highest BCUT2D eigenvalue weighted by Gasteiger charge is 2.12. The molecule has 0 spiro atoms. The second kappa shape index (κ2) is 5.58. The van der Waals surface area contributed by atoms with E-state index in [9.17, 15) is 5.11 Å². The van der Waals surface area contributed by atoms with Crippen LogP contribution in [0.15, 0.2) is 41.7 Å². The molecule has 1 aromatic carbocycles. The lowest BCUT2D eigenvalue weighted by Gasteiger charge is -2.11. The first-order valence-electron chi connectivity index (χ1n) is 5.20. The lowest BCUT2D eigenvalue weighted by molar-refractivity contribution is 0.195. The molecule has 1 N–H and O–H groups in total. The zero-order chi connectivity index (χ0) is 12.3. The molecule has 0 aliphatic heterocycles. The van der Waals surface area contributed by atoms with Gasteiger partial charge < -0.3 is 9.67 Å². The van der Waals surface area contributed by atoms with Crippen molar-refractivity contribution >= 4 is 23.4 Å². The topological polar surface area (TPSA) is 38.0 Å². The Morgan fingerprint density at radius 3 is 2.88 bits per heavy atom. The van der Waals surface area contributed by atoms with Crippen molar-refractivity contribution in [2.75, 3.05) is 5.75 Å². The highest BCUT2D eigenvalue weighted by molar-refractivity contribution is 7.99. The summed E-state index contributed by atoms with van der Waals surface area (Å²) in [7, 11) is 1.87. The van der Waals surface area contributed by atoms with E-state index in [-0.39, 0.29) is 0 Å². The Hall–Kier alpha value is -0.970. The summed E-state index contributed by atoms with van der Waals surface area (Å²) in [6.45, 7) is 0. The smallest absolute Gasteiger partial charge is 0.105 e. The molecule has 2 aromatic rings. The number of aliphatic hydroxyl groups is 1. The van der Waals surface area contributed by atoms with Crippen LogP contribution in [0.25, 0.3) is 0 Å². The molecular weight excluding hydrogens is 256 g/mol. The van der Waals surface area contributed by atoms with Crippen LogP contribution in [-0.2, 0) is 7.05 Å². The molecule has 1 unspecified atom stereocenters. The highest BCUT2D eigenvalue weighted by atomic mass is 35.5. The van der Waals surface area contributed by atoms with Crippen molar-refractivity contribution < 1.29 is 5.11 Å². The molecule has 0 saturated heterocycles. The Balaban J connectivity index is 2.00. The van der Waals surface area contributed by atoms with Gasteiger partial charge in [0.25, 0.3) is 0 Å². The first kappa shape index (κ1) is 12.5. The summed E-state index contributed by atoms with van der Waals surface area (Å²) in [4.78, 5) is 4.96. The van der Waals surface area contributed by atoms with Gasteiger partial charge in [0.15, 0.2) is 0 Å². The van der Waals surface area contributed by atoms with Crippen LogP contribution in [0.3, 0.4) is 0 Å². The molecule has 17 heavy (non-hydrogen) atoms. The van der Waals surface area contributed by atoms with Gasteiger partial charge in [-0.25, -0.2) is 4.98 Å². The average molecular weight is 269 g/mol. The van der Waals surface area contributed by atoms with Gasteiger partial charge in [-0.3, -0.25) is 0 Å². The Bertz CT molecular complexity index is 501. The minimum Gasteiger partial charge on any atom is -0.386 e. The number of imidazole rings is 1. The summed E-state index contributed by atoms with van der Waals surface area (Å²) in [5.74, 6) is 0.559. The molecule has 5 heteroatoms. The SMILES string of the molecule is Cn1cncc1C(O)CSc1ccccc1Cl. The fourth-order valence-electron chi connectivity index (χ4n) is 1.50. The van der Waals surface area contributed by atoms with Gasteiger partial charge in [-0.15, -0.1) is 11.8 Å². The fraction of sp³-hybridized carbons (Fsp3) is 0.250. The number of hydrogen-bond donors (Lipinski definition) is 1. The highest BCUT2D eigenvalue weighted by Crippen LogP contribution is 2.29.